The maximum Gasteiger partial charge on any atom is 0.225 e. The van der Waals surface area contributed by atoms with Crippen molar-refractivity contribution in [3.63, 3.8) is 0 Å². The average Bonchev–Trinajstić information content (AvgIpc) is 3.16. The molecule has 0 bridgehead atoms. The van der Waals surface area contributed by atoms with Crippen LogP contribution in [0.2, 0.25) is 0 Å². The van der Waals surface area contributed by atoms with Gasteiger partial charge in [-0.25, -0.2) is 0 Å². The second-order valence-electron chi connectivity index (χ2n) is 6.49. The number of hydrogen-bond acceptors (Lipinski definition) is 3. The molecule has 6 heteroatoms. The average molecular weight is 310 g/mol. The van der Waals surface area contributed by atoms with Gasteiger partial charge in [0.05, 0.1) is 6.10 Å². The zero-order chi connectivity index (χ0) is 15.9. The number of hydrogen-bond donors (Lipinski definition) is 2. The van der Waals surface area contributed by atoms with Gasteiger partial charge >= 0.3 is 0 Å². The molecule has 1 amide bonds. The van der Waals surface area contributed by atoms with Gasteiger partial charge < -0.3 is 20.3 Å². The van der Waals surface area contributed by atoms with Gasteiger partial charge in [0.25, 0.3) is 0 Å². The molecular formula is C16H30N4O2. The minimum Gasteiger partial charge on any atom is -0.378 e. The largest absolute Gasteiger partial charge is 0.378 e. The van der Waals surface area contributed by atoms with Gasteiger partial charge in [-0.05, 0) is 25.7 Å². The van der Waals surface area contributed by atoms with E-state index in [0.29, 0.717) is 6.10 Å². The lowest BCUT2D eigenvalue weighted by Crippen LogP contribution is -2.45. The molecule has 2 heterocycles. The van der Waals surface area contributed by atoms with Crippen LogP contribution in [0.4, 0.5) is 0 Å². The molecule has 2 rings (SSSR count). The fourth-order valence-electron chi connectivity index (χ4n) is 3.05. The molecule has 0 radical (unpaired) electrons. The zero-order valence-corrected chi connectivity index (χ0v) is 14.1. The molecule has 0 spiro atoms. The van der Waals surface area contributed by atoms with Crippen LogP contribution >= 0.6 is 0 Å². The number of guanidine groups is 1. The predicted molar refractivity (Wildman–Crippen MR) is 87.9 cm³/mol. The molecule has 2 unspecified atom stereocenters. The summed E-state index contributed by atoms with van der Waals surface area (Å²) in [7, 11) is 1.79. The van der Waals surface area contributed by atoms with E-state index in [1.807, 2.05) is 18.7 Å². The van der Waals surface area contributed by atoms with E-state index < -0.39 is 0 Å². The summed E-state index contributed by atoms with van der Waals surface area (Å²) >= 11 is 0. The first kappa shape index (κ1) is 17.1. The number of carbonyl (C=O) groups is 1. The van der Waals surface area contributed by atoms with E-state index in [9.17, 15) is 4.79 Å². The number of nitrogens with one attached hydrogen (secondary N) is 2. The Kier molecular flexibility index (Phi) is 6.49. The van der Waals surface area contributed by atoms with Crippen molar-refractivity contribution in [2.24, 2.45) is 10.9 Å². The summed E-state index contributed by atoms with van der Waals surface area (Å²) in [4.78, 5) is 18.2. The molecule has 0 aliphatic carbocycles. The lowest BCUT2D eigenvalue weighted by atomic mass is 10.2. The highest BCUT2D eigenvalue weighted by Crippen LogP contribution is 2.14. The Morgan fingerprint density at radius 2 is 2.23 bits per heavy atom. The van der Waals surface area contributed by atoms with E-state index in [-0.39, 0.29) is 17.9 Å². The normalized spacial score (nSPS) is 25.8. The van der Waals surface area contributed by atoms with Crippen LogP contribution in [0, 0.1) is 5.92 Å². The molecule has 6 nitrogen and oxygen atoms in total. The third kappa shape index (κ3) is 4.87. The monoisotopic (exact) mass is 310 g/mol. The van der Waals surface area contributed by atoms with Crippen LogP contribution in [-0.2, 0) is 9.53 Å². The van der Waals surface area contributed by atoms with Crippen LogP contribution in [0.5, 0.6) is 0 Å². The van der Waals surface area contributed by atoms with E-state index in [0.717, 1.165) is 45.0 Å². The van der Waals surface area contributed by atoms with Crippen molar-refractivity contribution >= 4 is 11.9 Å². The molecule has 2 N–H and O–H groups in total. The van der Waals surface area contributed by atoms with E-state index >= 15 is 0 Å². The van der Waals surface area contributed by atoms with Crippen molar-refractivity contribution in [1.82, 2.24) is 15.5 Å². The molecule has 0 aromatic rings. The second-order valence-corrected chi connectivity index (χ2v) is 6.49. The van der Waals surface area contributed by atoms with Gasteiger partial charge in [-0.15, -0.1) is 0 Å². The van der Waals surface area contributed by atoms with Gasteiger partial charge in [-0.2, -0.15) is 0 Å². The summed E-state index contributed by atoms with van der Waals surface area (Å²) in [5.74, 6) is 1.13. The molecule has 2 aliphatic rings. The number of carbonyl (C=O) groups excluding carboxylic acids is 1. The highest BCUT2D eigenvalue weighted by Gasteiger charge is 2.28. The van der Waals surface area contributed by atoms with Crippen molar-refractivity contribution in [3.05, 3.63) is 0 Å². The zero-order valence-electron chi connectivity index (χ0n) is 14.1. The smallest absolute Gasteiger partial charge is 0.225 e. The summed E-state index contributed by atoms with van der Waals surface area (Å²) in [5.41, 5.74) is 0. The minimum atomic E-state index is 0.0719. The Labute approximate surface area is 133 Å². The summed E-state index contributed by atoms with van der Waals surface area (Å²) in [6.07, 6.45) is 4.74. The third-order valence-electron chi connectivity index (χ3n) is 4.34. The molecule has 22 heavy (non-hydrogen) atoms. The first-order valence-electron chi connectivity index (χ1n) is 8.47. The Hall–Kier alpha value is -1.30. The van der Waals surface area contributed by atoms with Crippen molar-refractivity contribution < 1.29 is 9.53 Å². The molecule has 0 aromatic heterocycles. The fourth-order valence-corrected chi connectivity index (χ4v) is 3.05. The van der Waals surface area contributed by atoms with Crippen LogP contribution in [0.1, 0.15) is 39.5 Å². The van der Waals surface area contributed by atoms with Gasteiger partial charge in [0.15, 0.2) is 5.96 Å². The van der Waals surface area contributed by atoms with Crippen molar-refractivity contribution in [3.8, 4) is 0 Å². The molecule has 2 aliphatic heterocycles. The molecule has 2 fully saturated rings. The lowest BCUT2D eigenvalue weighted by molar-refractivity contribution is -0.133. The Morgan fingerprint density at radius 1 is 1.41 bits per heavy atom. The van der Waals surface area contributed by atoms with E-state index in [1.165, 1.54) is 12.8 Å². The van der Waals surface area contributed by atoms with Crippen LogP contribution in [-0.4, -0.2) is 62.2 Å². The van der Waals surface area contributed by atoms with Gasteiger partial charge in [0.1, 0.15) is 0 Å². The van der Waals surface area contributed by atoms with Crippen molar-refractivity contribution in [2.75, 3.05) is 33.3 Å². The van der Waals surface area contributed by atoms with E-state index in [4.69, 9.17) is 4.74 Å². The molecule has 0 aromatic carbocycles. The first-order chi connectivity index (χ1) is 10.6. The maximum atomic E-state index is 12.0. The molecule has 2 saturated heterocycles. The van der Waals surface area contributed by atoms with Gasteiger partial charge in [0, 0.05) is 45.2 Å². The van der Waals surface area contributed by atoms with Gasteiger partial charge in [-0.1, -0.05) is 13.8 Å². The molecule has 126 valence electrons. The van der Waals surface area contributed by atoms with E-state index in [1.54, 1.807) is 7.05 Å². The van der Waals surface area contributed by atoms with Crippen LogP contribution in [0.25, 0.3) is 0 Å². The first-order valence-corrected chi connectivity index (χ1v) is 8.47. The number of aliphatic imine (C=N–C) groups is 1. The van der Waals surface area contributed by atoms with Crippen LogP contribution < -0.4 is 10.6 Å². The summed E-state index contributed by atoms with van der Waals surface area (Å²) in [6.45, 7) is 7.28. The highest BCUT2D eigenvalue weighted by atomic mass is 16.5. The maximum absolute atomic E-state index is 12.0. The highest BCUT2D eigenvalue weighted by molar-refractivity contribution is 5.81. The third-order valence-corrected chi connectivity index (χ3v) is 4.34. The Morgan fingerprint density at radius 3 is 2.86 bits per heavy atom. The standard InChI is InChI=1S/C16H30N4O2/c1-12(2)15(21)20-9-7-13(11-20)19-16(17-3)18-8-6-14-5-4-10-22-14/h12-14H,4-11H2,1-3H3,(H2,17,18,19). The number of likely N-dealkylation sites (tertiary alicyclic amines) is 1. The summed E-state index contributed by atoms with van der Waals surface area (Å²) in [5, 5.41) is 6.76. The Bertz CT molecular complexity index is 392. The molecular weight excluding hydrogens is 280 g/mol. The number of amides is 1. The second kappa shape index (κ2) is 8.36. The fraction of sp³-hybridized carbons (Fsp3) is 0.875. The quantitative estimate of drug-likeness (QED) is 0.587. The summed E-state index contributed by atoms with van der Waals surface area (Å²) < 4.78 is 5.62. The topological polar surface area (TPSA) is 66.0 Å². The lowest BCUT2D eigenvalue weighted by Gasteiger charge is -2.20. The molecule has 0 saturated carbocycles. The van der Waals surface area contributed by atoms with Gasteiger partial charge in [-0.3, -0.25) is 9.79 Å². The SMILES string of the molecule is CN=C(NCCC1CCCO1)NC1CCN(C(=O)C(C)C)C1. The van der Waals surface area contributed by atoms with Crippen molar-refractivity contribution in [1.29, 1.82) is 0 Å². The number of nitrogens with zero attached hydrogens (tertiary/aromatic N) is 2. The number of ether oxygens (including phenoxy) is 1. The van der Waals surface area contributed by atoms with Crippen LogP contribution in [0.3, 0.4) is 0 Å². The minimum absolute atomic E-state index is 0.0719. The van der Waals surface area contributed by atoms with Crippen molar-refractivity contribution in [2.45, 2.75) is 51.7 Å². The van der Waals surface area contributed by atoms with Crippen LogP contribution in [0.15, 0.2) is 4.99 Å². The van der Waals surface area contributed by atoms with E-state index in [2.05, 4.69) is 15.6 Å². The number of rotatable bonds is 5. The van der Waals surface area contributed by atoms with Gasteiger partial charge in [0.2, 0.25) is 5.91 Å². The Balaban J connectivity index is 1.68. The summed E-state index contributed by atoms with van der Waals surface area (Å²) in [6, 6.07) is 0.289. The predicted octanol–water partition coefficient (Wildman–Crippen LogP) is 0.977. The molecule has 2 atom stereocenters.